The van der Waals surface area contributed by atoms with Crippen LogP contribution in [0, 0.1) is 0 Å². The van der Waals surface area contributed by atoms with E-state index in [0.29, 0.717) is 6.04 Å². The van der Waals surface area contributed by atoms with Crippen molar-refractivity contribution in [1.29, 1.82) is 0 Å². The van der Waals surface area contributed by atoms with E-state index < -0.39 is 0 Å². The standard InChI is InChI=1S/C16H24ClN3/c1-12(18)16(13-4-6-14(17)7-5-13)20-10-9-19-8-2-3-15(19)11-20/h4-7,12,15-16H,2-3,8-11,18H2,1H3. The van der Waals surface area contributed by atoms with Gasteiger partial charge in [-0.05, 0) is 44.0 Å². The first-order valence-electron chi connectivity index (χ1n) is 7.64. The van der Waals surface area contributed by atoms with Gasteiger partial charge in [-0.3, -0.25) is 9.80 Å². The predicted molar refractivity (Wildman–Crippen MR) is 84.0 cm³/mol. The van der Waals surface area contributed by atoms with Crippen LogP contribution in [0.3, 0.4) is 0 Å². The predicted octanol–water partition coefficient (Wildman–Crippen LogP) is 2.51. The lowest BCUT2D eigenvalue weighted by Gasteiger charge is -2.43. The Bertz CT molecular complexity index is 446. The maximum Gasteiger partial charge on any atom is 0.0497 e. The van der Waals surface area contributed by atoms with Crippen molar-refractivity contribution in [2.45, 2.75) is 37.9 Å². The molecule has 0 aliphatic carbocycles. The molecule has 2 heterocycles. The number of nitrogens with two attached hydrogens (primary N) is 1. The highest BCUT2D eigenvalue weighted by Crippen LogP contribution is 2.30. The second kappa shape index (κ2) is 6.02. The molecule has 0 saturated carbocycles. The third-order valence-corrected chi connectivity index (χ3v) is 4.97. The minimum absolute atomic E-state index is 0.129. The second-order valence-electron chi connectivity index (χ2n) is 6.18. The first-order valence-corrected chi connectivity index (χ1v) is 8.02. The first-order chi connectivity index (χ1) is 9.65. The lowest BCUT2D eigenvalue weighted by molar-refractivity contribution is 0.0635. The van der Waals surface area contributed by atoms with E-state index in [1.54, 1.807) is 0 Å². The van der Waals surface area contributed by atoms with Crippen molar-refractivity contribution in [2.75, 3.05) is 26.2 Å². The van der Waals surface area contributed by atoms with Gasteiger partial charge in [-0.2, -0.15) is 0 Å². The van der Waals surface area contributed by atoms with Gasteiger partial charge in [0.15, 0.2) is 0 Å². The van der Waals surface area contributed by atoms with Crippen LogP contribution < -0.4 is 5.73 Å². The summed E-state index contributed by atoms with van der Waals surface area (Å²) in [5.41, 5.74) is 7.57. The lowest BCUT2D eigenvalue weighted by Crippen LogP contribution is -2.53. The van der Waals surface area contributed by atoms with E-state index in [2.05, 4.69) is 28.9 Å². The fraction of sp³-hybridized carbons (Fsp3) is 0.625. The Labute approximate surface area is 126 Å². The molecule has 0 amide bonds. The summed E-state index contributed by atoms with van der Waals surface area (Å²) in [6.07, 6.45) is 2.69. The van der Waals surface area contributed by atoms with Gasteiger partial charge in [0.2, 0.25) is 0 Å². The van der Waals surface area contributed by atoms with Crippen LogP contribution in [0.25, 0.3) is 0 Å². The third-order valence-electron chi connectivity index (χ3n) is 4.72. The zero-order valence-corrected chi connectivity index (χ0v) is 12.9. The van der Waals surface area contributed by atoms with Crippen molar-refractivity contribution in [3.63, 3.8) is 0 Å². The molecule has 3 nitrogen and oxygen atoms in total. The van der Waals surface area contributed by atoms with Crippen molar-refractivity contribution < 1.29 is 0 Å². The number of fused-ring (bicyclic) bond motifs is 1. The molecule has 3 rings (SSSR count). The summed E-state index contributed by atoms with van der Waals surface area (Å²) in [6.45, 7) is 6.84. The zero-order valence-electron chi connectivity index (χ0n) is 12.1. The van der Waals surface area contributed by atoms with Crippen molar-refractivity contribution in [2.24, 2.45) is 5.73 Å². The van der Waals surface area contributed by atoms with Gasteiger partial charge < -0.3 is 5.73 Å². The number of hydrogen-bond acceptors (Lipinski definition) is 3. The minimum Gasteiger partial charge on any atom is -0.326 e. The van der Waals surface area contributed by atoms with Gasteiger partial charge in [-0.25, -0.2) is 0 Å². The molecule has 1 aromatic carbocycles. The Balaban J connectivity index is 1.78. The largest absolute Gasteiger partial charge is 0.326 e. The van der Waals surface area contributed by atoms with E-state index in [4.69, 9.17) is 17.3 Å². The number of halogens is 1. The van der Waals surface area contributed by atoms with Crippen molar-refractivity contribution >= 4 is 11.6 Å². The Morgan fingerprint density at radius 1 is 1.20 bits per heavy atom. The number of rotatable bonds is 3. The Kier molecular flexibility index (Phi) is 4.32. The van der Waals surface area contributed by atoms with Crippen molar-refractivity contribution in [3.8, 4) is 0 Å². The van der Waals surface area contributed by atoms with E-state index in [1.165, 1.54) is 31.5 Å². The molecule has 0 aromatic heterocycles. The topological polar surface area (TPSA) is 32.5 Å². The summed E-state index contributed by atoms with van der Waals surface area (Å²) >= 11 is 6.00. The molecule has 2 aliphatic rings. The average Bonchev–Trinajstić information content (AvgIpc) is 2.88. The summed E-state index contributed by atoms with van der Waals surface area (Å²) in [5.74, 6) is 0. The molecule has 3 atom stereocenters. The zero-order chi connectivity index (χ0) is 14.1. The van der Waals surface area contributed by atoms with Crippen LogP contribution in [0.5, 0.6) is 0 Å². The normalized spacial score (nSPS) is 27.2. The molecule has 3 unspecified atom stereocenters. The maximum atomic E-state index is 6.29. The van der Waals surface area contributed by atoms with Crippen molar-refractivity contribution in [1.82, 2.24) is 9.80 Å². The number of piperazine rings is 1. The van der Waals surface area contributed by atoms with Crippen molar-refractivity contribution in [3.05, 3.63) is 34.9 Å². The smallest absolute Gasteiger partial charge is 0.0497 e. The van der Waals surface area contributed by atoms with E-state index in [9.17, 15) is 0 Å². The molecule has 2 N–H and O–H groups in total. The highest BCUT2D eigenvalue weighted by atomic mass is 35.5. The quantitative estimate of drug-likeness (QED) is 0.929. The summed E-state index contributed by atoms with van der Waals surface area (Å²) in [4.78, 5) is 5.21. The Morgan fingerprint density at radius 3 is 2.65 bits per heavy atom. The lowest BCUT2D eigenvalue weighted by atomic mass is 9.97. The summed E-state index contributed by atoms with van der Waals surface area (Å²) in [6, 6.07) is 9.35. The van der Waals surface area contributed by atoms with Crippen LogP contribution in [0.1, 0.15) is 31.4 Å². The van der Waals surface area contributed by atoms with Gasteiger partial charge >= 0.3 is 0 Å². The Morgan fingerprint density at radius 2 is 1.95 bits per heavy atom. The Hall–Kier alpha value is -0.610. The van der Waals surface area contributed by atoms with E-state index >= 15 is 0 Å². The summed E-state index contributed by atoms with van der Waals surface area (Å²) in [5, 5.41) is 0.790. The molecule has 2 saturated heterocycles. The highest BCUT2D eigenvalue weighted by Gasteiger charge is 2.34. The van der Waals surface area contributed by atoms with Gasteiger partial charge in [-0.15, -0.1) is 0 Å². The fourth-order valence-electron chi connectivity index (χ4n) is 3.77. The second-order valence-corrected chi connectivity index (χ2v) is 6.62. The third kappa shape index (κ3) is 2.86. The molecule has 0 spiro atoms. The van der Waals surface area contributed by atoms with Crippen LogP contribution >= 0.6 is 11.6 Å². The van der Waals surface area contributed by atoms with E-state index in [0.717, 1.165) is 24.2 Å². The van der Waals surface area contributed by atoms with E-state index in [-0.39, 0.29) is 6.04 Å². The summed E-state index contributed by atoms with van der Waals surface area (Å²) in [7, 11) is 0. The van der Waals surface area contributed by atoms with Crippen LogP contribution in [0.4, 0.5) is 0 Å². The summed E-state index contributed by atoms with van der Waals surface area (Å²) < 4.78 is 0. The van der Waals surface area contributed by atoms with Gasteiger partial charge in [0.05, 0.1) is 0 Å². The number of hydrogen-bond donors (Lipinski definition) is 1. The van der Waals surface area contributed by atoms with Crippen LogP contribution in [0.15, 0.2) is 24.3 Å². The number of benzene rings is 1. The fourth-order valence-corrected chi connectivity index (χ4v) is 3.90. The maximum absolute atomic E-state index is 6.29. The van der Waals surface area contributed by atoms with Gasteiger partial charge in [0.25, 0.3) is 0 Å². The highest BCUT2D eigenvalue weighted by molar-refractivity contribution is 6.30. The first kappa shape index (κ1) is 14.3. The van der Waals surface area contributed by atoms with Gasteiger partial charge in [-0.1, -0.05) is 23.7 Å². The molecular weight excluding hydrogens is 270 g/mol. The molecule has 4 heteroatoms. The SMILES string of the molecule is CC(N)C(c1ccc(Cl)cc1)N1CCN2CCCC2C1. The molecular formula is C16H24ClN3. The average molecular weight is 294 g/mol. The molecule has 0 radical (unpaired) electrons. The van der Waals surface area contributed by atoms with Crippen LogP contribution in [-0.4, -0.2) is 48.1 Å². The number of nitrogens with zero attached hydrogens (tertiary/aromatic N) is 2. The minimum atomic E-state index is 0.129. The van der Waals surface area contributed by atoms with Gasteiger partial charge in [0, 0.05) is 42.8 Å². The molecule has 20 heavy (non-hydrogen) atoms. The monoisotopic (exact) mass is 293 g/mol. The molecule has 2 aliphatic heterocycles. The molecule has 1 aromatic rings. The molecule has 110 valence electrons. The molecule has 0 bridgehead atoms. The van der Waals surface area contributed by atoms with Crippen LogP contribution in [-0.2, 0) is 0 Å². The van der Waals surface area contributed by atoms with Gasteiger partial charge in [0.1, 0.15) is 0 Å². The molecule has 2 fully saturated rings. The van der Waals surface area contributed by atoms with Crippen LogP contribution in [0.2, 0.25) is 5.02 Å². The van der Waals surface area contributed by atoms with E-state index in [1.807, 2.05) is 12.1 Å².